The summed E-state index contributed by atoms with van der Waals surface area (Å²) in [6.45, 7) is 7.84. The molecule has 6 aromatic carbocycles. The van der Waals surface area contributed by atoms with Crippen LogP contribution in [-0.4, -0.2) is 48.6 Å². The van der Waals surface area contributed by atoms with Gasteiger partial charge < -0.3 is 19.7 Å². The Hall–Kier alpha value is -6.44. The Balaban J connectivity index is 0.971. The molecular weight excluding hydrogens is 792 g/mol. The molecule has 1 heterocycles. The van der Waals surface area contributed by atoms with E-state index in [4.69, 9.17) is 21.1 Å². The maximum Gasteiger partial charge on any atom is 0.407 e. The highest BCUT2D eigenvalue weighted by molar-refractivity contribution is 6.31. The van der Waals surface area contributed by atoms with E-state index in [1.54, 1.807) is 0 Å². The SMILES string of the molecule is C=C(CCC(=O)OC(c1ccccc1)(c1ccc(C)cc1)c1ccccc1Cl)c1cccc(C[C@H](NC(=O)OCC2c3ccccc3-c3ccccc32)C(=O)N2CCCCC2)c1. The van der Waals surface area contributed by atoms with Gasteiger partial charge in [0, 0.05) is 53.6 Å². The number of aryl methyl sites for hydroxylation is 1. The summed E-state index contributed by atoms with van der Waals surface area (Å²) in [5.74, 6) is -0.636. The third-order valence-electron chi connectivity index (χ3n) is 12.2. The Morgan fingerprint density at radius 1 is 0.742 bits per heavy atom. The molecule has 1 N–H and O–H groups in total. The van der Waals surface area contributed by atoms with E-state index in [2.05, 4.69) is 36.2 Å². The number of halogens is 1. The third-order valence-corrected chi connectivity index (χ3v) is 12.5. The van der Waals surface area contributed by atoms with Gasteiger partial charge in [0.25, 0.3) is 0 Å². The summed E-state index contributed by atoms with van der Waals surface area (Å²) >= 11 is 6.89. The second-order valence-corrected chi connectivity index (χ2v) is 16.7. The number of allylic oxidation sites excluding steroid dienone is 1. The van der Waals surface area contributed by atoms with Gasteiger partial charge >= 0.3 is 12.1 Å². The van der Waals surface area contributed by atoms with Crippen LogP contribution in [0.25, 0.3) is 16.7 Å². The molecule has 6 aromatic rings. The second-order valence-electron chi connectivity index (χ2n) is 16.3. The van der Waals surface area contributed by atoms with Crippen LogP contribution in [0.3, 0.4) is 0 Å². The van der Waals surface area contributed by atoms with Crippen LogP contribution < -0.4 is 5.32 Å². The molecule has 0 aromatic heterocycles. The van der Waals surface area contributed by atoms with Gasteiger partial charge in [-0.2, -0.15) is 0 Å². The lowest BCUT2D eigenvalue weighted by molar-refractivity contribution is -0.153. The van der Waals surface area contributed by atoms with Crippen molar-refractivity contribution < 1.29 is 23.9 Å². The van der Waals surface area contributed by atoms with E-state index >= 15 is 0 Å². The molecule has 1 fully saturated rings. The number of likely N-dealkylation sites (tertiary alicyclic amines) is 1. The zero-order valence-electron chi connectivity index (χ0n) is 35.0. The van der Waals surface area contributed by atoms with Crippen LogP contribution in [0.4, 0.5) is 4.79 Å². The van der Waals surface area contributed by atoms with Gasteiger partial charge in [-0.15, -0.1) is 0 Å². The van der Waals surface area contributed by atoms with Crippen molar-refractivity contribution in [3.8, 4) is 11.1 Å². The number of benzene rings is 6. The van der Waals surface area contributed by atoms with E-state index in [-0.39, 0.29) is 31.3 Å². The molecule has 1 aliphatic heterocycles. The number of nitrogens with zero attached hydrogens (tertiary/aromatic N) is 1. The van der Waals surface area contributed by atoms with Crippen LogP contribution >= 0.6 is 11.6 Å². The number of amides is 2. The number of ether oxygens (including phenoxy) is 2. The van der Waals surface area contributed by atoms with E-state index in [1.807, 2.05) is 139 Å². The Morgan fingerprint density at radius 2 is 1.37 bits per heavy atom. The molecular formula is C54H51ClN2O5. The number of piperidine rings is 1. The normalized spacial score (nSPS) is 14.8. The van der Waals surface area contributed by atoms with Crippen molar-refractivity contribution in [1.82, 2.24) is 10.2 Å². The fourth-order valence-corrected chi connectivity index (χ4v) is 9.22. The first-order chi connectivity index (χ1) is 30.2. The molecule has 62 heavy (non-hydrogen) atoms. The largest absolute Gasteiger partial charge is 0.449 e. The molecule has 0 bridgehead atoms. The van der Waals surface area contributed by atoms with E-state index < -0.39 is 23.7 Å². The zero-order valence-corrected chi connectivity index (χ0v) is 35.8. The summed E-state index contributed by atoms with van der Waals surface area (Å²) in [5.41, 5.74) is 8.95. The smallest absolute Gasteiger partial charge is 0.407 e. The molecule has 8 rings (SSSR count). The number of carbonyl (C=O) groups is 3. The van der Waals surface area contributed by atoms with Crippen LogP contribution in [0.2, 0.25) is 5.02 Å². The van der Waals surface area contributed by atoms with Crippen molar-refractivity contribution in [1.29, 1.82) is 0 Å². The Kier molecular flexibility index (Phi) is 13.0. The predicted octanol–water partition coefficient (Wildman–Crippen LogP) is 11.4. The molecule has 2 amide bonds. The number of rotatable bonds is 14. The Labute approximate surface area is 369 Å². The van der Waals surface area contributed by atoms with E-state index in [0.29, 0.717) is 30.1 Å². The monoisotopic (exact) mass is 842 g/mol. The molecule has 2 atom stereocenters. The number of hydrogen-bond donors (Lipinski definition) is 1. The maximum absolute atomic E-state index is 14.1. The first-order valence-corrected chi connectivity index (χ1v) is 21.9. The average Bonchev–Trinajstić information content (AvgIpc) is 3.63. The van der Waals surface area contributed by atoms with Gasteiger partial charge in [-0.3, -0.25) is 9.59 Å². The van der Waals surface area contributed by atoms with Crippen molar-refractivity contribution in [2.24, 2.45) is 0 Å². The van der Waals surface area contributed by atoms with Crippen molar-refractivity contribution in [2.45, 2.75) is 63.0 Å². The first-order valence-electron chi connectivity index (χ1n) is 21.5. The number of nitrogens with one attached hydrogen (secondary N) is 1. The number of alkyl carbamates (subject to hydrolysis) is 1. The quantitative estimate of drug-likeness (QED) is 0.0872. The second kappa shape index (κ2) is 19.1. The standard InChI is InChI=1S/C54H51ClN2O5/c1-37-26-29-42(30-27-37)54(41-18-5-3-6-19-41,48-24-11-12-25-49(48)55)62-51(58)31-28-38(2)40-17-15-16-39(34-40)35-50(52(59)57-32-13-4-14-33-57)56-53(60)61-36-47-45-22-9-7-20-43(45)44-21-8-10-23-46(44)47/h3,5-12,15-27,29-30,34,47,50H,2,4,13-14,28,31-33,35-36H2,1H3,(H,56,60)/t50-,54?/m0/s1. The fraction of sp³-hybridized carbons (Fsp3) is 0.241. The van der Waals surface area contributed by atoms with Crippen molar-refractivity contribution in [2.75, 3.05) is 19.7 Å². The van der Waals surface area contributed by atoms with Crippen molar-refractivity contribution in [3.05, 3.63) is 208 Å². The number of fused-ring (bicyclic) bond motifs is 3. The summed E-state index contributed by atoms with van der Waals surface area (Å²) in [7, 11) is 0. The Bertz CT molecular complexity index is 2520. The topological polar surface area (TPSA) is 84.9 Å². The molecule has 8 heteroatoms. The van der Waals surface area contributed by atoms with Gasteiger partial charge in [0.15, 0.2) is 5.60 Å². The van der Waals surface area contributed by atoms with E-state index in [1.165, 1.54) is 0 Å². The summed E-state index contributed by atoms with van der Waals surface area (Å²) in [4.78, 5) is 43.6. The predicted molar refractivity (Wildman–Crippen MR) is 246 cm³/mol. The first kappa shape index (κ1) is 42.3. The van der Waals surface area contributed by atoms with Gasteiger partial charge in [-0.05, 0) is 77.6 Å². The van der Waals surface area contributed by atoms with E-state index in [9.17, 15) is 14.4 Å². The summed E-state index contributed by atoms with van der Waals surface area (Å²) < 4.78 is 12.5. The molecule has 7 nitrogen and oxygen atoms in total. The molecule has 2 aliphatic rings. The molecule has 0 saturated carbocycles. The van der Waals surface area contributed by atoms with Gasteiger partial charge in [0.1, 0.15) is 12.6 Å². The maximum atomic E-state index is 14.1. The lowest BCUT2D eigenvalue weighted by Crippen LogP contribution is -2.51. The van der Waals surface area contributed by atoms with Crippen LogP contribution in [0, 0.1) is 6.92 Å². The lowest BCUT2D eigenvalue weighted by atomic mass is 9.79. The highest BCUT2D eigenvalue weighted by Gasteiger charge is 2.42. The highest BCUT2D eigenvalue weighted by atomic mass is 35.5. The molecule has 1 unspecified atom stereocenters. The zero-order chi connectivity index (χ0) is 43.1. The van der Waals surface area contributed by atoms with Gasteiger partial charge in [-0.25, -0.2) is 4.79 Å². The number of carbonyl (C=O) groups excluding carboxylic acids is 3. The van der Waals surface area contributed by atoms with Gasteiger partial charge in [0.2, 0.25) is 5.91 Å². The molecule has 1 saturated heterocycles. The van der Waals surface area contributed by atoms with Crippen molar-refractivity contribution >= 4 is 35.1 Å². The number of esters is 1. The minimum Gasteiger partial charge on any atom is -0.449 e. The molecule has 0 spiro atoms. The Morgan fingerprint density at radius 3 is 2.06 bits per heavy atom. The minimum atomic E-state index is -1.30. The third kappa shape index (κ3) is 9.09. The summed E-state index contributed by atoms with van der Waals surface area (Å²) in [6, 6.07) is 48.5. The fourth-order valence-electron chi connectivity index (χ4n) is 8.95. The van der Waals surface area contributed by atoms with E-state index in [0.717, 1.165) is 74.9 Å². The number of hydrogen-bond acceptors (Lipinski definition) is 5. The molecule has 314 valence electrons. The van der Waals surface area contributed by atoms with Gasteiger partial charge in [-0.1, -0.05) is 169 Å². The molecule has 1 aliphatic carbocycles. The highest BCUT2D eigenvalue weighted by Crippen LogP contribution is 2.45. The van der Waals surface area contributed by atoms with Crippen LogP contribution in [0.5, 0.6) is 0 Å². The summed E-state index contributed by atoms with van der Waals surface area (Å²) in [5, 5.41) is 3.43. The average molecular weight is 843 g/mol. The van der Waals surface area contributed by atoms with Crippen LogP contribution in [0.1, 0.15) is 82.5 Å². The summed E-state index contributed by atoms with van der Waals surface area (Å²) in [6.07, 6.45) is 2.95. The molecule has 0 radical (unpaired) electrons. The van der Waals surface area contributed by atoms with Crippen LogP contribution in [0.15, 0.2) is 158 Å². The lowest BCUT2D eigenvalue weighted by Gasteiger charge is -2.36. The van der Waals surface area contributed by atoms with Crippen LogP contribution in [-0.2, 0) is 31.1 Å². The minimum absolute atomic E-state index is 0.0629. The van der Waals surface area contributed by atoms with Gasteiger partial charge in [0.05, 0.1) is 0 Å². The van der Waals surface area contributed by atoms with Crippen molar-refractivity contribution in [3.63, 3.8) is 0 Å².